The van der Waals surface area contributed by atoms with Crippen LogP contribution in [0.1, 0.15) is 0 Å². The van der Waals surface area contributed by atoms with E-state index >= 15 is 0 Å². The lowest BCUT2D eigenvalue weighted by Crippen LogP contribution is -2.20. The Hall–Kier alpha value is -1.13. The zero-order valence-corrected chi connectivity index (χ0v) is 4.81. The number of hydrazone groups is 1. The summed E-state index contributed by atoms with van der Waals surface area (Å²) in [5, 5.41) is 14.9. The minimum Gasteiger partial charge on any atom is -0.281 e. The molecule has 0 spiro atoms. The van der Waals surface area contributed by atoms with E-state index in [4.69, 9.17) is 0 Å². The molecule has 9 heavy (non-hydrogen) atoms. The summed E-state index contributed by atoms with van der Waals surface area (Å²) in [5.74, 6) is 0. The molecule has 1 aliphatic rings. The van der Waals surface area contributed by atoms with Gasteiger partial charge in [0.2, 0.25) is 0 Å². The Kier molecular flexibility index (Phi) is 1.33. The molecule has 5 nitrogen and oxygen atoms in total. The van der Waals surface area contributed by atoms with Gasteiger partial charge >= 0.3 is 0 Å². The van der Waals surface area contributed by atoms with Gasteiger partial charge in [0.15, 0.2) is 6.54 Å². The van der Waals surface area contributed by atoms with E-state index in [1.807, 2.05) is 0 Å². The summed E-state index contributed by atoms with van der Waals surface area (Å²) < 4.78 is 0. The molecular formula is C4H5N3O2. The molecule has 1 atom stereocenters. The number of likely N-dealkylation sites (N-methyl/N-ethyl adjacent to an activating group) is 1. The van der Waals surface area contributed by atoms with Gasteiger partial charge in [0.1, 0.15) is 6.21 Å². The van der Waals surface area contributed by atoms with Gasteiger partial charge in [-0.15, -0.1) is 0 Å². The fraction of sp³-hybridized carbons (Fsp3) is 0.500. The predicted octanol–water partition coefficient (Wildman–Crippen LogP) is -0.398. The molecular weight excluding hydrogens is 122 g/mol. The van der Waals surface area contributed by atoms with Crippen molar-refractivity contribution in [3.63, 3.8) is 0 Å². The lowest BCUT2D eigenvalue weighted by Gasteiger charge is -2.00. The first kappa shape index (κ1) is 6.00. The second-order valence-electron chi connectivity index (χ2n) is 1.65. The summed E-state index contributed by atoms with van der Waals surface area (Å²) in [6.45, 7) is 2.47. The van der Waals surface area contributed by atoms with Crippen LogP contribution in [0.15, 0.2) is 5.10 Å². The van der Waals surface area contributed by atoms with Crippen molar-refractivity contribution in [3.05, 3.63) is 16.7 Å². The number of hydrogen-bond donors (Lipinski definition) is 0. The molecule has 2 radical (unpaired) electrons. The summed E-state index contributed by atoms with van der Waals surface area (Å²) in [4.78, 5) is 9.52. The molecule has 0 saturated carbocycles. The monoisotopic (exact) mass is 127 g/mol. The first-order valence-corrected chi connectivity index (χ1v) is 2.37. The van der Waals surface area contributed by atoms with E-state index in [1.54, 1.807) is 7.05 Å². The van der Waals surface area contributed by atoms with Crippen molar-refractivity contribution < 1.29 is 4.92 Å². The first-order valence-electron chi connectivity index (χ1n) is 2.37. The Balaban J connectivity index is 2.50. The Morgan fingerprint density at radius 1 is 2.00 bits per heavy atom. The van der Waals surface area contributed by atoms with Crippen LogP contribution >= 0.6 is 0 Å². The van der Waals surface area contributed by atoms with Crippen LogP contribution in [0.5, 0.6) is 0 Å². The summed E-state index contributed by atoms with van der Waals surface area (Å²) in [5.41, 5.74) is 0. The van der Waals surface area contributed by atoms with E-state index in [2.05, 4.69) is 11.6 Å². The van der Waals surface area contributed by atoms with Gasteiger partial charge in [-0.25, -0.2) is 0 Å². The Morgan fingerprint density at radius 3 is 2.89 bits per heavy atom. The predicted molar refractivity (Wildman–Crippen MR) is 30.3 cm³/mol. The van der Waals surface area contributed by atoms with E-state index in [-0.39, 0.29) is 0 Å². The largest absolute Gasteiger partial charge is 0.281 e. The number of rotatable bonds is 1. The molecule has 1 aliphatic heterocycles. The van der Waals surface area contributed by atoms with Crippen LogP contribution in [0.2, 0.25) is 0 Å². The van der Waals surface area contributed by atoms with Crippen LogP contribution in [-0.2, 0) is 0 Å². The van der Waals surface area contributed by atoms with Gasteiger partial charge in [0.05, 0.1) is 0 Å². The smallest absolute Gasteiger partial charge is 0.279 e. The normalized spacial score (nSPS) is 25.0. The average molecular weight is 127 g/mol. The molecule has 0 fully saturated rings. The molecule has 0 aromatic heterocycles. The highest BCUT2D eigenvalue weighted by atomic mass is 16.6. The Bertz CT molecular complexity index is 156. The zero-order chi connectivity index (χ0) is 6.85. The maximum atomic E-state index is 9.97. The summed E-state index contributed by atoms with van der Waals surface area (Å²) >= 11 is 0. The maximum absolute atomic E-state index is 9.97. The molecule has 0 aromatic carbocycles. The third-order valence-electron chi connectivity index (χ3n) is 0.927. The molecule has 1 rings (SSSR count). The number of hydrogen-bond acceptors (Lipinski definition) is 4. The van der Waals surface area contributed by atoms with Crippen LogP contribution in [0.4, 0.5) is 0 Å². The highest BCUT2D eigenvalue weighted by molar-refractivity contribution is 5.66. The van der Waals surface area contributed by atoms with E-state index < -0.39 is 11.0 Å². The number of nitro groups is 1. The van der Waals surface area contributed by atoms with E-state index in [0.29, 0.717) is 0 Å². The highest BCUT2D eigenvalue weighted by Crippen LogP contribution is 2.04. The summed E-state index contributed by atoms with van der Waals surface area (Å²) in [7, 11) is 1.60. The number of nitrogens with zero attached hydrogens (tertiary/aromatic N) is 3. The average Bonchev–Trinajstić information content (AvgIpc) is 2.14. The molecule has 0 aromatic rings. The molecule has 0 saturated heterocycles. The Labute approximate surface area is 52.1 Å². The van der Waals surface area contributed by atoms with Gasteiger partial charge in [-0.1, -0.05) is 0 Å². The van der Waals surface area contributed by atoms with E-state index in [1.165, 1.54) is 11.2 Å². The van der Waals surface area contributed by atoms with Gasteiger partial charge in [-0.05, 0) is 0 Å². The van der Waals surface area contributed by atoms with Gasteiger partial charge in [-0.3, -0.25) is 15.1 Å². The van der Waals surface area contributed by atoms with Gasteiger partial charge < -0.3 is 0 Å². The van der Waals surface area contributed by atoms with Crippen molar-refractivity contribution in [3.8, 4) is 0 Å². The van der Waals surface area contributed by atoms with Crippen molar-refractivity contribution in [2.45, 2.75) is 6.04 Å². The maximum Gasteiger partial charge on any atom is 0.279 e. The second-order valence-corrected chi connectivity index (χ2v) is 1.65. The van der Waals surface area contributed by atoms with Crippen molar-refractivity contribution in [2.75, 3.05) is 7.05 Å². The van der Waals surface area contributed by atoms with Gasteiger partial charge in [-0.2, -0.15) is 5.10 Å². The third-order valence-corrected chi connectivity index (χ3v) is 0.927. The minimum atomic E-state index is -0.852. The molecule has 0 amide bonds. The quantitative estimate of drug-likeness (QED) is 0.355. The van der Waals surface area contributed by atoms with Crippen molar-refractivity contribution in [1.82, 2.24) is 5.01 Å². The van der Waals surface area contributed by atoms with Crippen LogP contribution < -0.4 is 0 Å². The summed E-state index contributed by atoms with van der Waals surface area (Å²) in [6.07, 6.45) is 1.24. The Morgan fingerprint density at radius 2 is 2.67 bits per heavy atom. The van der Waals surface area contributed by atoms with Crippen LogP contribution in [0.25, 0.3) is 0 Å². The van der Waals surface area contributed by atoms with Crippen LogP contribution in [0, 0.1) is 16.7 Å². The van der Waals surface area contributed by atoms with Crippen molar-refractivity contribution in [1.29, 1.82) is 0 Å². The topological polar surface area (TPSA) is 58.7 Å². The van der Waals surface area contributed by atoms with E-state index in [0.717, 1.165) is 0 Å². The van der Waals surface area contributed by atoms with Gasteiger partial charge in [0, 0.05) is 12.0 Å². The first-order chi connectivity index (χ1) is 4.20. The zero-order valence-electron chi connectivity index (χ0n) is 4.81. The molecule has 1 unspecified atom stereocenters. The lowest BCUT2D eigenvalue weighted by molar-refractivity contribution is -0.493. The van der Waals surface area contributed by atoms with Crippen LogP contribution in [0.3, 0.4) is 0 Å². The molecule has 48 valence electrons. The SMILES string of the molecule is CN1[C]C([N+](=O)[O-])C=N1. The minimum absolute atomic E-state index is 0.451. The lowest BCUT2D eigenvalue weighted by atomic mass is 10.4. The second kappa shape index (κ2) is 2.00. The fourth-order valence-electron chi connectivity index (χ4n) is 0.523. The van der Waals surface area contributed by atoms with E-state index in [9.17, 15) is 10.1 Å². The summed E-state index contributed by atoms with van der Waals surface area (Å²) in [6, 6.07) is -0.852. The van der Waals surface area contributed by atoms with Crippen molar-refractivity contribution in [2.24, 2.45) is 5.10 Å². The third kappa shape index (κ3) is 1.16. The fourth-order valence-corrected chi connectivity index (χ4v) is 0.523. The molecule has 0 aliphatic carbocycles. The van der Waals surface area contributed by atoms with Crippen molar-refractivity contribution >= 4 is 6.21 Å². The molecule has 5 heteroatoms. The highest BCUT2D eigenvalue weighted by Gasteiger charge is 2.26. The molecule has 0 N–H and O–H groups in total. The van der Waals surface area contributed by atoms with Gasteiger partial charge in [0.25, 0.3) is 6.04 Å². The van der Waals surface area contributed by atoms with Crippen LogP contribution in [-0.4, -0.2) is 29.2 Å². The molecule has 1 heterocycles. The molecule has 0 bridgehead atoms. The standard InChI is InChI=1S/C4H5N3O2/c1-6-3-4(2-5-6)7(8)9/h2,4H,1H3.